The van der Waals surface area contributed by atoms with Gasteiger partial charge in [0, 0.05) is 12.4 Å². The van der Waals surface area contributed by atoms with E-state index in [0.29, 0.717) is 6.61 Å². The van der Waals surface area contributed by atoms with Gasteiger partial charge in [-0.15, -0.1) is 6.42 Å². The molecule has 4 heteroatoms. The molecule has 0 bridgehead atoms. The Labute approximate surface area is 101 Å². The molecule has 1 aromatic heterocycles. The van der Waals surface area contributed by atoms with Crippen molar-refractivity contribution >= 4 is 5.97 Å². The van der Waals surface area contributed by atoms with Gasteiger partial charge in [-0.2, -0.15) is 0 Å². The minimum atomic E-state index is -0.939. The summed E-state index contributed by atoms with van der Waals surface area (Å²) in [6, 6.07) is 3.53. The van der Waals surface area contributed by atoms with Crippen LogP contribution in [0.15, 0.2) is 24.5 Å². The Bertz CT molecular complexity index is 411. The van der Waals surface area contributed by atoms with E-state index in [4.69, 9.17) is 11.2 Å². The lowest BCUT2D eigenvalue weighted by atomic mass is 9.93. The van der Waals surface area contributed by atoms with E-state index in [1.165, 1.54) is 0 Å². The Morgan fingerprint density at radius 2 is 2.24 bits per heavy atom. The summed E-state index contributed by atoms with van der Waals surface area (Å²) >= 11 is 0. The molecule has 0 aromatic carbocycles. The molecule has 17 heavy (non-hydrogen) atoms. The van der Waals surface area contributed by atoms with Gasteiger partial charge in [-0.05, 0) is 31.5 Å². The maximum absolute atomic E-state index is 12.0. The zero-order chi connectivity index (χ0) is 12.7. The van der Waals surface area contributed by atoms with Crippen LogP contribution >= 0.6 is 0 Å². The molecule has 4 nitrogen and oxygen atoms in total. The van der Waals surface area contributed by atoms with Crippen LogP contribution in [0.4, 0.5) is 0 Å². The van der Waals surface area contributed by atoms with Crippen LogP contribution in [0.25, 0.3) is 0 Å². The number of esters is 1. The number of ether oxygens (including phenoxy) is 1. The second-order valence-electron chi connectivity index (χ2n) is 3.64. The SMILES string of the molecule is C#CCNC(C)(C(=O)OCC)c1ccncc1. The third-order valence-electron chi connectivity index (χ3n) is 2.49. The molecule has 0 radical (unpaired) electrons. The molecule has 90 valence electrons. The molecule has 0 fully saturated rings. The molecule has 0 spiro atoms. The van der Waals surface area contributed by atoms with Crippen molar-refractivity contribution in [2.75, 3.05) is 13.2 Å². The van der Waals surface area contributed by atoms with Gasteiger partial charge in [0.1, 0.15) is 5.54 Å². The minimum Gasteiger partial charge on any atom is -0.464 e. The van der Waals surface area contributed by atoms with Gasteiger partial charge in [-0.1, -0.05) is 5.92 Å². The van der Waals surface area contributed by atoms with E-state index in [-0.39, 0.29) is 12.5 Å². The van der Waals surface area contributed by atoms with E-state index in [1.54, 1.807) is 38.4 Å². The van der Waals surface area contributed by atoms with Gasteiger partial charge in [0.25, 0.3) is 0 Å². The average Bonchev–Trinajstić information content (AvgIpc) is 2.37. The van der Waals surface area contributed by atoms with E-state index >= 15 is 0 Å². The monoisotopic (exact) mass is 232 g/mol. The van der Waals surface area contributed by atoms with Crippen molar-refractivity contribution < 1.29 is 9.53 Å². The molecule has 0 aliphatic rings. The van der Waals surface area contributed by atoms with Crippen molar-refractivity contribution in [3.63, 3.8) is 0 Å². The second-order valence-corrected chi connectivity index (χ2v) is 3.64. The third kappa shape index (κ3) is 3.05. The number of pyridine rings is 1. The maximum Gasteiger partial charge on any atom is 0.330 e. The number of aromatic nitrogens is 1. The summed E-state index contributed by atoms with van der Waals surface area (Å²) in [6.07, 6.45) is 8.47. The molecular formula is C13H16N2O2. The largest absolute Gasteiger partial charge is 0.464 e. The van der Waals surface area contributed by atoms with E-state index in [2.05, 4.69) is 16.2 Å². The number of carbonyl (C=O) groups is 1. The Kier molecular flexibility index (Phi) is 4.68. The van der Waals surface area contributed by atoms with Gasteiger partial charge in [0.2, 0.25) is 0 Å². The number of carbonyl (C=O) groups excluding carboxylic acids is 1. The molecule has 0 amide bonds. The van der Waals surface area contributed by atoms with E-state index in [9.17, 15) is 4.79 Å². The molecule has 1 unspecified atom stereocenters. The standard InChI is InChI=1S/C13H16N2O2/c1-4-8-15-13(3,12(16)17-5-2)11-6-9-14-10-7-11/h1,6-7,9-10,15H,5,8H2,2-3H3. The van der Waals surface area contributed by atoms with Crippen molar-refractivity contribution in [3.05, 3.63) is 30.1 Å². The van der Waals surface area contributed by atoms with Gasteiger partial charge in [-0.3, -0.25) is 10.3 Å². The first kappa shape index (κ1) is 13.2. The fourth-order valence-electron chi connectivity index (χ4n) is 1.48. The lowest BCUT2D eigenvalue weighted by Gasteiger charge is -2.28. The fourth-order valence-corrected chi connectivity index (χ4v) is 1.48. The second kappa shape index (κ2) is 6.02. The number of hydrogen-bond acceptors (Lipinski definition) is 4. The summed E-state index contributed by atoms with van der Waals surface area (Å²) in [5.74, 6) is 2.11. The zero-order valence-corrected chi connectivity index (χ0v) is 10.1. The zero-order valence-electron chi connectivity index (χ0n) is 10.1. The highest BCUT2D eigenvalue weighted by atomic mass is 16.5. The molecule has 1 N–H and O–H groups in total. The smallest absolute Gasteiger partial charge is 0.330 e. The van der Waals surface area contributed by atoms with Gasteiger partial charge in [0.05, 0.1) is 13.2 Å². The number of nitrogens with one attached hydrogen (secondary N) is 1. The summed E-state index contributed by atoms with van der Waals surface area (Å²) in [6.45, 7) is 4.14. The molecule has 1 rings (SSSR count). The summed E-state index contributed by atoms with van der Waals surface area (Å²) in [7, 11) is 0. The van der Waals surface area contributed by atoms with Crippen LogP contribution < -0.4 is 5.32 Å². The topological polar surface area (TPSA) is 51.2 Å². The summed E-state index contributed by atoms with van der Waals surface area (Å²) in [5.41, 5.74) is -0.160. The third-order valence-corrected chi connectivity index (χ3v) is 2.49. The Morgan fingerprint density at radius 3 is 2.76 bits per heavy atom. The number of rotatable bonds is 5. The normalized spacial score (nSPS) is 13.5. The van der Waals surface area contributed by atoms with Gasteiger partial charge in [-0.25, -0.2) is 4.79 Å². The molecule has 0 saturated carbocycles. The van der Waals surface area contributed by atoms with Crippen molar-refractivity contribution in [2.24, 2.45) is 0 Å². The van der Waals surface area contributed by atoms with Crippen LogP contribution in [-0.4, -0.2) is 24.1 Å². The minimum absolute atomic E-state index is 0.289. The van der Waals surface area contributed by atoms with Crippen LogP contribution in [-0.2, 0) is 15.1 Å². The van der Waals surface area contributed by atoms with Gasteiger partial charge >= 0.3 is 5.97 Å². The van der Waals surface area contributed by atoms with Gasteiger partial charge < -0.3 is 4.74 Å². The Morgan fingerprint density at radius 1 is 1.59 bits per heavy atom. The molecular weight excluding hydrogens is 216 g/mol. The van der Waals surface area contributed by atoms with Crippen molar-refractivity contribution in [3.8, 4) is 12.3 Å². The summed E-state index contributed by atoms with van der Waals surface area (Å²) in [5, 5.41) is 3.01. The molecule has 1 heterocycles. The first-order chi connectivity index (χ1) is 8.15. The molecule has 1 atom stereocenters. The van der Waals surface area contributed by atoms with Gasteiger partial charge in [0.15, 0.2) is 0 Å². The summed E-state index contributed by atoms with van der Waals surface area (Å²) in [4.78, 5) is 15.9. The molecule has 0 aliphatic heterocycles. The average molecular weight is 232 g/mol. The highest BCUT2D eigenvalue weighted by molar-refractivity contribution is 5.82. The number of terminal acetylenes is 1. The number of nitrogens with zero attached hydrogens (tertiary/aromatic N) is 1. The van der Waals surface area contributed by atoms with Crippen LogP contribution in [0.3, 0.4) is 0 Å². The lowest BCUT2D eigenvalue weighted by molar-refractivity contribution is -0.150. The maximum atomic E-state index is 12.0. The predicted octanol–water partition coefficient (Wildman–Crippen LogP) is 1.08. The van der Waals surface area contributed by atoms with Crippen LogP contribution in [0.2, 0.25) is 0 Å². The predicted molar refractivity (Wildman–Crippen MR) is 65.1 cm³/mol. The lowest BCUT2D eigenvalue weighted by Crippen LogP contribution is -2.47. The first-order valence-corrected chi connectivity index (χ1v) is 5.41. The molecule has 1 aromatic rings. The Hall–Kier alpha value is -1.86. The van der Waals surface area contributed by atoms with Crippen molar-refractivity contribution in [1.29, 1.82) is 0 Å². The molecule has 0 saturated heterocycles. The summed E-state index contributed by atoms with van der Waals surface area (Å²) < 4.78 is 5.07. The highest BCUT2D eigenvalue weighted by Crippen LogP contribution is 2.21. The molecule has 0 aliphatic carbocycles. The van der Waals surface area contributed by atoms with E-state index in [1.807, 2.05) is 0 Å². The fraction of sp³-hybridized carbons (Fsp3) is 0.385. The van der Waals surface area contributed by atoms with Crippen molar-refractivity contribution in [1.82, 2.24) is 10.3 Å². The van der Waals surface area contributed by atoms with E-state index < -0.39 is 5.54 Å². The Balaban J connectivity index is 3.02. The van der Waals surface area contributed by atoms with Crippen LogP contribution in [0, 0.1) is 12.3 Å². The quantitative estimate of drug-likeness (QED) is 0.609. The van der Waals surface area contributed by atoms with Crippen molar-refractivity contribution in [2.45, 2.75) is 19.4 Å². The van der Waals surface area contributed by atoms with Crippen LogP contribution in [0.5, 0.6) is 0 Å². The van der Waals surface area contributed by atoms with Crippen LogP contribution in [0.1, 0.15) is 19.4 Å². The number of hydrogen-bond donors (Lipinski definition) is 1. The first-order valence-electron chi connectivity index (χ1n) is 5.41. The highest BCUT2D eigenvalue weighted by Gasteiger charge is 2.35. The van der Waals surface area contributed by atoms with E-state index in [0.717, 1.165) is 5.56 Å².